The normalized spacial score (nSPS) is 10.5. The molecule has 0 aliphatic carbocycles. The number of nitrogens with zero attached hydrogens (tertiary/aromatic N) is 3. The van der Waals surface area contributed by atoms with Crippen LogP contribution in [0.3, 0.4) is 0 Å². The van der Waals surface area contributed by atoms with Crippen molar-refractivity contribution in [2.75, 3.05) is 0 Å². The van der Waals surface area contributed by atoms with Gasteiger partial charge in [-0.25, -0.2) is 0 Å². The molecule has 3 aromatic rings. The predicted molar refractivity (Wildman–Crippen MR) is 125 cm³/mol. The van der Waals surface area contributed by atoms with Gasteiger partial charge in [0, 0.05) is 7.05 Å². The van der Waals surface area contributed by atoms with Gasteiger partial charge in [-0.3, -0.25) is 9.98 Å². The van der Waals surface area contributed by atoms with E-state index in [0.29, 0.717) is 0 Å². The molecule has 4 heteroatoms. The van der Waals surface area contributed by atoms with E-state index in [1.54, 1.807) is 0 Å². The summed E-state index contributed by atoms with van der Waals surface area (Å²) < 4.78 is 2.11. The summed E-state index contributed by atoms with van der Waals surface area (Å²) in [6, 6.07) is 16.6. The maximum Gasteiger partial charge on any atom is 2.00 e. The first-order valence-corrected chi connectivity index (χ1v) is 8.83. The Kier molecular flexibility index (Phi) is 10.6. The number of hydrogen-bond donors (Lipinski definition) is 0. The van der Waals surface area contributed by atoms with Gasteiger partial charge in [0.25, 0.3) is 0 Å². The van der Waals surface area contributed by atoms with Gasteiger partial charge in [0.05, 0.1) is 35.2 Å². The molecule has 1 heterocycles. The molecular weight excluding hydrogens is 398 g/mol. The summed E-state index contributed by atoms with van der Waals surface area (Å²) in [5, 5.41) is 0. The van der Waals surface area contributed by atoms with Gasteiger partial charge in [-0.15, -0.1) is 0 Å². The minimum atomic E-state index is 0. The molecule has 0 aliphatic rings. The Morgan fingerprint density at radius 3 is 1.24 bits per heavy atom. The van der Waals surface area contributed by atoms with Gasteiger partial charge in [-0.05, 0) is 62.1 Å². The number of benzene rings is 2. The summed E-state index contributed by atoms with van der Waals surface area (Å²) >= 11 is 0. The molecule has 0 spiro atoms. The van der Waals surface area contributed by atoms with E-state index < -0.39 is 0 Å². The zero-order valence-corrected chi connectivity index (χ0v) is 19.6. The van der Waals surface area contributed by atoms with E-state index in [9.17, 15) is 0 Å². The minimum Gasteiger partial charge on any atom is -0.358 e. The van der Waals surface area contributed by atoms with E-state index >= 15 is 0 Å². The van der Waals surface area contributed by atoms with Crippen molar-refractivity contribution in [3.05, 3.63) is 97.0 Å². The van der Waals surface area contributed by atoms with Crippen LogP contribution >= 0.6 is 0 Å². The fourth-order valence-corrected chi connectivity index (χ4v) is 3.08. The molecule has 0 saturated carbocycles. The van der Waals surface area contributed by atoms with Gasteiger partial charge in [0.2, 0.25) is 0 Å². The van der Waals surface area contributed by atoms with E-state index in [1.807, 2.05) is 19.5 Å². The molecule has 0 radical (unpaired) electrons. The van der Waals surface area contributed by atoms with Crippen LogP contribution in [0.25, 0.3) is 0 Å². The predicted octanol–water partition coefficient (Wildman–Crippen LogP) is 6.66. The maximum absolute atomic E-state index is 4.71. The Hall–Kier alpha value is -2.42. The average Bonchev–Trinajstić information content (AvgIpc) is 2.94. The zero-order valence-electron chi connectivity index (χ0n) is 18.5. The van der Waals surface area contributed by atoms with Crippen molar-refractivity contribution in [1.29, 1.82) is 0 Å². The van der Waals surface area contributed by atoms with Crippen LogP contribution in [0.2, 0.25) is 0 Å². The van der Waals surface area contributed by atoms with Gasteiger partial charge < -0.3 is 19.4 Å². The van der Waals surface area contributed by atoms with E-state index in [2.05, 4.69) is 80.8 Å². The van der Waals surface area contributed by atoms with Crippen molar-refractivity contribution in [1.82, 2.24) is 4.57 Å². The Labute approximate surface area is 187 Å². The molecule has 0 N–H and O–H groups in total. The molecule has 1 aromatic heterocycles. The first-order chi connectivity index (χ1) is 12.5. The van der Waals surface area contributed by atoms with Crippen molar-refractivity contribution >= 4 is 23.8 Å². The number of aliphatic imine (C=N–C) groups is 2. The van der Waals surface area contributed by atoms with Crippen molar-refractivity contribution in [2.45, 2.75) is 27.7 Å². The summed E-state index contributed by atoms with van der Waals surface area (Å²) in [6.07, 6.45) is 3.84. The average molecular weight is 429 g/mol. The molecular formula is C25H31FeN3. The molecule has 0 bridgehead atoms. The van der Waals surface area contributed by atoms with Crippen LogP contribution in [-0.4, -0.2) is 17.0 Å². The third-order valence-electron chi connectivity index (χ3n) is 4.73. The molecule has 29 heavy (non-hydrogen) atoms. The van der Waals surface area contributed by atoms with Crippen molar-refractivity contribution in [3.8, 4) is 0 Å². The Bertz CT molecular complexity index is 878. The van der Waals surface area contributed by atoms with E-state index in [0.717, 1.165) is 22.8 Å². The fourth-order valence-electron chi connectivity index (χ4n) is 3.08. The molecule has 0 aliphatic heterocycles. The molecule has 154 valence electrons. The Morgan fingerprint density at radius 2 is 0.931 bits per heavy atom. The van der Waals surface area contributed by atoms with Crippen LogP contribution in [0.15, 0.2) is 58.5 Å². The largest absolute Gasteiger partial charge is 2.00 e. The second kappa shape index (κ2) is 11.5. The first-order valence-electron chi connectivity index (χ1n) is 8.83. The van der Waals surface area contributed by atoms with Crippen LogP contribution < -0.4 is 0 Å². The van der Waals surface area contributed by atoms with E-state index in [4.69, 9.17) is 9.98 Å². The van der Waals surface area contributed by atoms with Crippen LogP contribution in [0.5, 0.6) is 0 Å². The van der Waals surface area contributed by atoms with Gasteiger partial charge in [-0.2, -0.15) is 0 Å². The zero-order chi connectivity index (χ0) is 18.7. The Balaban J connectivity index is 0.00000261. The van der Waals surface area contributed by atoms with Crippen LogP contribution in [0, 0.1) is 42.5 Å². The molecule has 0 fully saturated rings. The van der Waals surface area contributed by atoms with Crippen LogP contribution in [0.1, 0.15) is 33.6 Å². The summed E-state index contributed by atoms with van der Waals surface area (Å²) in [4.78, 5) is 9.41. The topological polar surface area (TPSA) is 29.6 Å². The quantitative estimate of drug-likeness (QED) is 0.252. The number of para-hydroxylation sites is 2. The SMILES string of the molecule is Cc1cccc(C)c1N=Cc1ccc(C=Nc2c(C)cccc2C)n1C.[CH3-].[CH3-].[Fe+2]. The van der Waals surface area contributed by atoms with Crippen molar-refractivity contribution < 1.29 is 17.1 Å². The number of aromatic nitrogens is 1. The third kappa shape index (κ3) is 6.03. The van der Waals surface area contributed by atoms with Gasteiger partial charge >= 0.3 is 17.1 Å². The minimum absolute atomic E-state index is 0. The monoisotopic (exact) mass is 429 g/mol. The summed E-state index contributed by atoms with van der Waals surface area (Å²) in [7, 11) is 2.04. The van der Waals surface area contributed by atoms with Crippen LogP contribution in [0.4, 0.5) is 11.4 Å². The fraction of sp³-hybridized carbons (Fsp3) is 0.200. The van der Waals surface area contributed by atoms with Gasteiger partial charge in [0.15, 0.2) is 0 Å². The molecule has 0 atom stereocenters. The summed E-state index contributed by atoms with van der Waals surface area (Å²) in [5.74, 6) is 0. The second-order valence-corrected chi connectivity index (χ2v) is 6.74. The molecule has 0 unspecified atom stereocenters. The summed E-state index contributed by atoms with van der Waals surface area (Å²) in [6.45, 7) is 8.36. The molecule has 3 nitrogen and oxygen atoms in total. The van der Waals surface area contributed by atoms with Gasteiger partial charge in [0.1, 0.15) is 0 Å². The number of hydrogen-bond acceptors (Lipinski definition) is 2. The molecule has 3 rings (SSSR count). The number of rotatable bonds is 4. The summed E-state index contributed by atoms with van der Waals surface area (Å²) in [5.41, 5.74) is 8.93. The molecule has 0 amide bonds. The Morgan fingerprint density at radius 1 is 0.621 bits per heavy atom. The van der Waals surface area contributed by atoms with Crippen molar-refractivity contribution in [2.24, 2.45) is 17.0 Å². The molecule has 0 saturated heterocycles. The second-order valence-electron chi connectivity index (χ2n) is 6.74. The smallest absolute Gasteiger partial charge is 0.358 e. The number of aryl methyl sites for hydroxylation is 4. The van der Waals surface area contributed by atoms with E-state index in [1.165, 1.54) is 22.3 Å². The van der Waals surface area contributed by atoms with Gasteiger partial charge in [-0.1, -0.05) is 36.4 Å². The van der Waals surface area contributed by atoms with Crippen molar-refractivity contribution in [3.63, 3.8) is 0 Å². The van der Waals surface area contributed by atoms with Crippen LogP contribution in [-0.2, 0) is 24.1 Å². The third-order valence-corrected chi connectivity index (χ3v) is 4.73. The first kappa shape index (κ1) is 26.6. The standard InChI is InChI=1S/C23H25N3.2CH3.Fe/c1-16-8-6-9-17(2)22(16)24-14-20-12-13-21(26(20)5)15-25-23-18(3)10-7-11-19(23)4;;;/h6-15H,1-5H3;2*1H3;/q;2*-1;+2. The van der Waals surface area contributed by atoms with E-state index in [-0.39, 0.29) is 31.9 Å². The molecule has 2 aromatic carbocycles. The maximum atomic E-state index is 4.71.